The Hall–Kier alpha value is -0.380. The minimum absolute atomic E-state index is 0.871. The first-order chi connectivity index (χ1) is 7.81. The highest BCUT2D eigenvalue weighted by Gasteiger charge is 2.13. The van der Waals surface area contributed by atoms with Crippen LogP contribution in [-0.4, -0.2) is 31.6 Å². The van der Waals surface area contributed by atoms with Gasteiger partial charge in [-0.25, -0.2) is 0 Å². The molecule has 1 N–H and O–H groups in total. The number of anilines is 1. The van der Waals surface area contributed by atoms with E-state index in [1.165, 1.54) is 22.8 Å². The van der Waals surface area contributed by atoms with Crippen molar-refractivity contribution in [1.29, 1.82) is 0 Å². The van der Waals surface area contributed by atoms with Gasteiger partial charge >= 0.3 is 0 Å². The molecule has 0 amide bonds. The number of hydrogen-bond donors (Lipinski definition) is 1. The Labute approximate surface area is 106 Å². The number of rotatable bonds is 3. The van der Waals surface area contributed by atoms with Crippen molar-refractivity contribution >= 4 is 29.1 Å². The third-order valence-corrected chi connectivity index (χ3v) is 3.99. The second kappa shape index (κ2) is 5.80. The topological polar surface area (TPSA) is 15.3 Å². The Kier molecular flexibility index (Phi) is 4.38. The smallest absolute Gasteiger partial charge is 0.0642 e. The lowest BCUT2D eigenvalue weighted by atomic mass is 10.2. The normalized spacial score (nSPS) is 16.5. The minimum atomic E-state index is 0.871. The van der Waals surface area contributed by atoms with Crippen LogP contribution in [0.25, 0.3) is 0 Å². The summed E-state index contributed by atoms with van der Waals surface area (Å²) in [5, 5.41) is 4.01. The Morgan fingerprint density at radius 3 is 2.75 bits per heavy atom. The minimum Gasteiger partial charge on any atom is -0.369 e. The quantitative estimate of drug-likeness (QED) is 0.895. The first-order valence-corrected chi connectivity index (χ1v) is 7.10. The van der Waals surface area contributed by atoms with Crippen molar-refractivity contribution in [1.82, 2.24) is 5.32 Å². The molecule has 1 aliphatic rings. The van der Waals surface area contributed by atoms with Crippen LogP contribution in [0.2, 0.25) is 5.02 Å². The molecule has 0 unspecified atom stereocenters. The van der Waals surface area contributed by atoms with E-state index < -0.39 is 0 Å². The summed E-state index contributed by atoms with van der Waals surface area (Å²) in [5.41, 5.74) is 2.42. The van der Waals surface area contributed by atoms with Crippen LogP contribution in [0.15, 0.2) is 18.2 Å². The van der Waals surface area contributed by atoms with Crippen LogP contribution in [-0.2, 0) is 6.54 Å². The highest BCUT2D eigenvalue weighted by Crippen LogP contribution is 2.28. The van der Waals surface area contributed by atoms with E-state index in [4.69, 9.17) is 11.6 Å². The number of nitrogens with one attached hydrogen (secondary N) is 1. The average Bonchev–Trinajstić information content (AvgIpc) is 2.31. The molecule has 88 valence electrons. The number of hydrogen-bond acceptors (Lipinski definition) is 3. The van der Waals surface area contributed by atoms with Crippen molar-refractivity contribution in [3.63, 3.8) is 0 Å². The van der Waals surface area contributed by atoms with Gasteiger partial charge < -0.3 is 10.2 Å². The van der Waals surface area contributed by atoms with Crippen LogP contribution in [0.4, 0.5) is 5.69 Å². The van der Waals surface area contributed by atoms with Gasteiger partial charge in [0.1, 0.15) is 0 Å². The number of nitrogens with zero attached hydrogens (tertiary/aromatic N) is 1. The van der Waals surface area contributed by atoms with Crippen molar-refractivity contribution in [2.45, 2.75) is 6.54 Å². The fourth-order valence-electron chi connectivity index (χ4n) is 1.93. The van der Waals surface area contributed by atoms with E-state index in [-0.39, 0.29) is 0 Å². The highest BCUT2D eigenvalue weighted by atomic mass is 35.5. The van der Waals surface area contributed by atoms with Gasteiger partial charge in [0, 0.05) is 31.1 Å². The molecular formula is C12H17ClN2S. The molecule has 0 spiro atoms. The average molecular weight is 257 g/mol. The summed E-state index contributed by atoms with van der Waals surface area (Å²) in [6.07, 6.45) is 0. The third kappa shape index (κ3) is 2.84. The molecule has 16 heavy (non-hydrogen) atoms. The summed E-state index contributed by atoms with van der Waals surface area (Å²) >= 11 is 8.34. The van der Waals surface area contributed by atoms with E-state index >= 15 is 0 Å². The standard InChI is InChI=1S/C12H17ClN2S/c1-14-9-10-2-3-12(11(13)8-10)15-4-6-16-7-5-15/h2-3,8,14H,4-7,9H2,1H3. The molecule has 1 heterocycles. The van der Waals surface area contributed by atoms with Crippen LogP contribution in [0.3, 0.4) is 0 Å². The van der Waals surface area contributed by atoms with Gasteiger partial charge in [0.05, 0.1) is 10.7 Å². The van der Waals surface area contributed by atoms with Gasteiger partial charge in [-0.05, 0) is 24.7 Å². The number of halogens is 1. The monoisotopic (exact) mass is 256 g/mol. The van der Waals surface area contributed by atoms with E-state index in [0.717, 1.165) is 24.7 Å². The van der Waals surface area contributed by atoms with Crippen molar-refractivity contribution in [3.8, 4) is 0 Å². The molecule has 0 atom stereocenters. The molecule has 1 aliphatic heterocycles. The Balaban J connectivity index is 2.14. The van der Waals surface area contributed by atoms with Crippen molar-refractivity contribution in [3.05, 3.63) is 28.8 Å². The maximum Gasteiger partial charge on any atom is 0.0642 e. The van der Waals surface area contributed by atoms with Crippen molar-refractivity contribution in [2.24, 2.45) is 0 Å². The van der Waals surface area contributed by atoms with Crippen LogP contribution in [0, 0.1) is 0 Å². The zero-order valence-corrected chi connectivity index (χ0v) is 11.1. The molecule has 4 heteroatoms. The van der Waals surface area contributed by atoms with E-state index in [2.05, 4.69) is 28.4 Å². The maximum atomic E-state index is 6.32. The fraction of sp³-hybridized carbons (Fsp3) is 0.500. The summed E-state index contributed by atoms with van der Waals surface area (Å²) in [6, 6.07) is 6.36. The van der Waals surface area contributed by atoms with E-state index in [9.17, 15) is 0 Å². The Morgan fingerprint density at radius 2 is 2.12 bits per heavy atom. The fourth-order valence-corrected chi connectivity index (χ4v) is 3.15. The second-order valence-corrected chi connectivity index (χ2v) is 5.55. The maximum absolute atomic E-state index is 6.32. The molecule has 0 radical (unpaired) electrons. The van der Waals surface area contributed by atoms with Gasteiger partial charge in [0.15, 0.2) is 0 Å². The van der Waals surface area contributed by atoms with E-state index in [0.29, 0.717) is 0 Å². The lowest BCUT2D eigenvalue weighted by Gasteiger charge is -2.29. The first-order valence-electron chi connectivity index (χ1n) is 5.57. The SMILES string of the molecule is CNCc1ccc(N2CCSCC2)c(Cl)c1. The molecule has 1 aromatic rings. The predicted octanol–water partition coefficient (Wildman–Crippen LogP) is 2.61. The van der Waals surface area contributed by atoms with Crippen molar-refractivity contribution < 1.29 is 0 Å². The van der Waals surface area contributed by atoms with Gasteiger partial charge in [-0.2, -0.15) is 11.8 Å². The molecule has 0 saturated carbocycles. The first kappa shape index (κ1) is 12.1. The Morgan fingerprint density at radius 1 is 1.38 bits per heavy atom. The molecule has 2 nitrogen and oxygen atoms in total. The van der Waals surface area contributed by atoms with Crippen LogP contribution >= 0.6 is 23.4 Å². The summed E-state index contributed by atoms with van der Waals surface area (Å²) in [5.74, 6) is 2.41. The summed E-state index contributed by atoms with van der Waals surface area (Å²) in [6.45, 7) is 3.08. The van der Waals surface area contributed by atoms with Gasteiger partial charge in [-0.1, -0.05) is 17.7 Å². The number of thioether (sulfide) groups is 1. The van der Waals surface area contributed by atoms with E-state index in [1.807, 2.05) is 18.8 Å². The third-order valence-electron chi connectivity index (χ3n) is 2.74. The Bertz CT molecular complexity index is 351. The van der Waals surface area contributed by atoms with Crippen molar-refractivity contribution in [2.75, 3.05) is 36.5 Å². The van der Waals surface area contributed by atoms with Crippen LogP contribution in [0.1, 0.15) is 5.56 Å². The molecule has 1 fully saturated rings. The molecule has 2 rings (SSSR count). The summed E-state index contributed by atoms with van der Waals surface area (Å²) < 4.78 is 0. The molecule has 1 aromatic carbocycles. The largest absolute Gasteiger partial charge is 0.369 e. The summed E-state index contributed by atoms with van der Waals surface area (Å²) in [7, 11) is 1.95. The predicted molar refractivity (Wildman–Crippen MR) is 73.8 cm³/mol. The lowest BCUT2D eigenvalue weighted by molar-refractivity contribution is 0.815. The molecule has 0 bridgehead atoms. The molecule has 0 aliphatic carbocycles. The van der Waals surface area contributed by atoms with Crippen LogP contribution < -0.4 is 10.2 Å². The zero-order valence-electron chi connectivity index (χ0n) is 9.50. The van der Waals surface area contributed by atoms with Gasteiger partial charge in [-0.15, -0.1) is 0 Å². The van der Waals surface area contributed by atoms with Gasteiger partial charge in [0.2, 0.25) is 0 Å². The lowest BCUT2D eigenvalue weighted by Crippen LogP contribution is -2.32. The van der Waals surface area contributed by atoms with E-state index in [1.54, 1.807) is 0 Å². The second-order valence-electron chi connectivity index (χ2n) is 3.92. The van der Waals surface area contributed by atoms with Gasteiger partial charge in [-0.3, -0.25) is 0 Å². The van der Waals surface area contributed by atoms with Crippen LogP contribution in [0.5, 0.6) is 0 Å². The molecule has 1 saturated heterocycles. The highest BCUT2D eigenvalue weighted by molar-refractivity contribution is 7.99. The van der Waals surface area contributed by atoms with Gasteiger partial charge in [0.25, 0.3) is 0 Å². The zero-order chi connectivity index (χ0) is 11.4. The molecular weight excluding hydrogens is 240 g/mol. The summed E-state index contributed by atoms with van der Waals surface area (Å²) in [4.78, 5) is 2.38. The number of benzene rings is 1. The molecule has 0 aromatic heterocycles.